The number of carbonyl (C=O) groups excluding carboxylic acids is 1. The largest absolute Gasteiger partial charge is 0.473 e. The van der Waals surface area contributed by atoms with Crippen LogP contribution in [0, 0.1) is 5.92 Å². The van der Waals surface area contributed by atoms with Crippen molar-refractivity contribution < 1.29 is 41.4 Å². The summed E-state index contributed by atoms with van der Waals surface area (Å²) in [6.07, 6.45) is 0. The predicted molar refractivity (Wildman–Crippen MR) is 113 cm³/mol. The second-order valence-electron chi connectivity index (χ2n) is 7.24. The lowest BCUT2D eigenvalue weighted by Gasteiger charge is -2.33. The summed E-state index contributed by atoms with van der Waals surface area (Å²) in [6, 6.07) is 5.19. The Hall–Kier alpha value is -2.55. The molecule has 0 aliphatic carbocycles. The first-order valence-corrected chi connectivity index (χ1v) is 12.4. The normalized spacial score (nSPS) is 15.1. The van der Waals surface area contributed by atoms with Crippen LogP contribution in [-0.4, -0.2) is 86.8 Å². The molecule has 1 aliphatic heterocycles. The highest BCUT2D eigenvalue weighted by Crippen LogP contribution is 2.20. The molecule has 0 radical (unpaired) electrons. The van der Waals surface area contributed by atoms with Gasteiger partial charge >= 0.3 is 11.9 Å². The van der Waals surface area contributed by atoms with Gasteiger partial charge in [-0.1, -0.05) is 13.8 Å². The minimum atomic E-state index is -3.72. The molecule has 0 spiro atoms. The predicted octanol–water partition coefficient (Wildman–Crippen LogP) is -0.371. The minimum absolute atomic E-state index is 0.0264. The van der Waals surface area contributed by atoms with Gasteiger partial charge in [-0.15, -0.1) is 0 Å². The molecule has 1 aromatic carbocycles. The minimum Gasteiger partial charge on any atom is -0.473 e. The van der Waals surface area contributed by atoms with Crippen molar-refractivity contribution in [1.29, 1.82) is 0 Å². The fourth-order valence-corrected chi connectivity index (χ4v) is 5.18. The summed E-state index contributed by atoms with van der Waals surface area (Å²) < 4.78 is 53.6. The van der Waals surface area contributed by atoms with Crippen LogP contribution < -0.4 is 4.72 Å². The average molecular weight is 494 g/mol. The third-order valence-electron chi connectivity index (χ3n) is 4.32. The van der Waals surface area contributed by atoms with Crippen molar-refractivity contribution in [2.45, 2.75) is 30.6 Å². The molecule has 1 aromatic rings. The zero-order valence-electron chi connectivity index (χ0n) is 17.9. The molecular formula is C18H27N3O9S2. The van der Waals surface area contributed by atoms with Gasteiger partial charge in [0.05, 0.1) is 9.79 Å². The molecular weight excluding hydrogens is 466 g/mol. The highest BCUT2D eigenvalue weighted by Gasteiger charge is 2.29. The van der Waals surface area contributed by atoms with E-state index in [4.69, 9.17) is 19.8 Å². The first-order chi connectivity index (χ1) is 14.7. The maximum Gasteiger partial charge on any atom is 0.414 e. The highest BCUT2D eigenvalue weighted by molar-refractivity contribution is 7.89. The van der Waals surface area contributed by atoms with E-state index < -0.39 is 32.0 Å². The van der Waals surface area contributed by atoms with E-state index in [9.17, 15) is 21.6 Å². The Morgan fingerprint density at radius 2 is 1.34 bits per heavy atom. The van der Waals surface area contributed by atoms with Crippen LogP contribution in [0.5, 0.6) is 0 Å². The van der Waals surface area contributed by atoms with E-state index in [1.54, 1.807) is 4.90 Å². The maximum absolute atomic E-state index is 12.7. The molecule has 1 heterocycles. The van der Waals surface area contributed by atoms with Gasteiger partial charge in [0.1, 0.15) is 0 Å². The number of rotatable bonds is 6. The van der Waals surface area contributed by atoms with Crippen molar-refractivity contribution in [2.75, 3.05) is 32.7 Å². The molecule has 1 aliphatic rings. The third-order valence-corrected chi connectivity index (χ3v) is 7.67. The van der Waals surface area contributed by atoms with Crippen LogP contribution in [0.4, 0.5) is 0 Å². The van der Waals surface area contributed by atoms with Gasteiger partial charge in [-0.3, -0.25) is 4.79 Å². The molecule has 0 saturated carbocycles. The number of carboxylic acids is 2. The average Bonchev–Trinajstić information content (AvgIpc) is 2.73. The smallest absolute Gasteiger partial charge is 0.414 e. The van der Waals surface area contributed by atoms with E-state index >= 15 is 0 Å². The van der Waals surface area contributed by atoms with Crippen molar-refractivity contribution in [3.63, 3.8) is 0 Å². The lowest BCUT2D eigenvalue weighted by Crippen LogP contribution is -2.49. The van der Waals surface area contributed by atoms with Crippen LogP contribution >= 0.6 is 0 Å². The monoisotopic (exact) mass is 493 g/mol. The van der Waals surface area contributed by atoms with Gasteiger partial charge in [0, 0.05) is 39.6 Å². The topological polar surface area (TPSA) is 178 Å². The molecule has 0 bridgehead atoms. The number of hydrogen-bond donors (Lipinski definition) is 3. The molecule has 0 aromatic heterocycles. The lowest BCUT2D eigenvalue weighted by molar-refractivity contribution is -0.159. The molecule has 1 fully saturated rings. The van der Waals surface area contributed by atoms with Crippen LogP contribution in [0.3, 0.4) is 0 Å². The zero-order chi connectivity index (χ0) is 24.7. The van der Waals surface area contributed by atoms with E-state index in [0.717, 1.165) is 0 Å². The van der Waals surface area contributed by atoms with Gasteiger partial charge in [-0.2, -0.15) is 4.31 Å². The number of nitrogens with one attached hydrogen (secondary N) is 1. The van der Waals surface area contributed by atoms with Crippen molar-refractivity contribution in [3.8, 4) is 0 Å². The Bertz CT molecular complexity index is 1020. The second-order valence-corrected chi connectivity index (χ2v) is 10.9. The van der Waals surface area contributed by atoms with Crippen molar-refractivity contribution in [1.82, 2.24) is 13.9 Å². The van der Waals surface area contributed by atoms with Gasteiger partial charge in [0.15, 0.2) is 0 Å². The van der Waals surface area contributed by atoms with E-state index in [-0.39, 0.29) is 34.7 Å². The number of carbonyl (C=O) groups is 3. The first kappa shape index (κ1) is 27.5. The number of sulfonamides is 2. The van der Waals surface area contributed by atoms with E-state index in [0.29, 0.717) is 19.6 Å². The van der Waals surface area contributed by atoms with Crippen LogP contribution in [0.1, 0.15) is 20.8 Å². The van der Waals surface area contributed by atoms with E-state index in [1.165, 1.54) is 35.5 Å². The zero-order valence-corrected chi connectivity index (χ0v) is 19.5. The van der Waals surface area contributed by atoms with E-state index in [1.807, 2.05) is 13.8 Å². The van der Waals surface area contributed by atoms with E-state index in [2.05, 4.69) is 4.72 Å². The number of hydrogen-bond acceptors (Lipinski definition) is 7. The highest BCUT2D eigenvalue weighted by atomic mass is 32.2. The Morgan fingerprint density at radius 3 is 1.72 bits per heavy atom. The summed E-state index contributed by atoms with van der Waals surface area (Å²) >= 11 is 0. The third kappa shape index (κ3) is 7.85. The number of aliphatic carboxylic acids is 2. The molecule has 3 N–H and O–H groups in total. The summed E-state index contributed by atoms with van der Waals surface area (Å²) in [5.74, 6) is -3.56. The summed E-state index contributed by atoms with van der Waals surface area (Å²) in [6.45, 7) is 6.68. The summed E-state index contributed by atoms with van der Waals surface area (Å²) in [4.78, 5) is 31.2. The number of piperazine rings is 1. The van der Waals surface area contributed by atoms with Gasteiger partial charge < -0.3 is 15.1 Å². The molecule has 1 saturated heterocycles. The standard InChI is InChI=1S/C16H25N3O5S2.C2H2O4/c1-13(2)12-17-25(21,22)15-4-6-16(7-5-15)26(23,24)19-10-8-18(9-11-19)14(3)20;3-1(4)2(5)6/h4-7,13,17H,8-12H2,1-3H3;(H,3,4)(H,5,6). The fraction of sp³-hybridized carbons (Fsp3) is 0.500. The quantitative estimate of drug-likeness (QED) is 0.446. The van der Waals surface area contributed by atoms with Crippen molar-refractivity contribution >= 4 is 37.9 Å². The van der Waals surface area contributed by atoms with Crippen molar-refractivity contribution in [2.24, 2.45) is 5.92 Å². The number of carboxylic acid groups (broad SMARTS) is 2. The van der Waals surface area contributed by atoms with Crippen LogP contribution in [-0.2, 0) is 34.4 Å². The molecule has 180 valence electrons. The maximum atomic E-state index is 12.7. The molecule has 0 atom stereocenters. The Kier molecular flexibility index (Phi) is 9.75. The summed E-state index contributed by atoms with van der Waals surface area (Å²) in [5, 5.41) is 14.8. The van der Waals surface area contributed by atoms with Crippen molar-refractivity contribution in [3.05, 3.63) is 24.3 Å². The molecule has 12 nitrogen and oxygen atoms in total. The van der Waals surface area contributed by atoms with Crippen LogP contribution in [0.25, 0.3) is 0 Å². The molecule has 2 rings (SSSR count). The number of amides is 1. The second kappa shape index (κ2) is 11.4. The molecule has 32 heavy (non-hydrogen) atoms. The molecule has 1 amide bonds. The SMILES string of the molecule is CC(=O)N1CCN(S(=O)(=O)c2ccc(S(=O)(=O)NCC(C)C)cc2)CC1.O=C(O)C(=O)O. The summed E-state index contributed by atoms with van der Waals surface area (Å²) in [7, 11) is -7.38. The van der Waals surface area contributed by atoms with Crippen LogP contribution in [0.2, 0.25) is 0 Å². The fourth-order valence-electron chi connectivity index (χ4n) is 2.54. The van der Waals surface area contributed by atoms with Gasteiger partial charge in [-0.05, 0) is 30.2 Å². The molecule has 0 unspecified atom stereocenters. The van der Waals surface area contributed by atoms with Gasteiger partial charge in [0.2, 0.25) is 26.0 Å². The first-order valence-electron chi connectivity index (χ1n) is 9.50. The number of benzene rings is 1. The Labute approximate surface area is 186 Å². The van der Waals surface area contributed by atoms with Crippen LogP contribution in [0.15, 0.2) is 34.1 Å². The molecule has 14 heteroatoms. The Balaban J connectivity index is 0.000000751. The summed E-state index contributed by atoms with van der Waals surface area (Å²) in [5.41, 5.74) is 0. The Morgan fingerprint density at radius 1 is 0.906 bits per heavy atom. The van der Waals surface area contributed by atoms with Gasteiger partial charge in [-0.25, -0.2) is 31.1 Å². The number of nitrogens with zero attached hydrogens (tertiary/aromatic N) is 2. The lowest BCUT2D eigenvalue weighted by atomic mass is 10.2. The van der Waals surface area contributed by atoms with Gasteiger partial charge in [0.25, 0.3) is 0 Å².